The second kappa shape index (κ2) is 52.6. The van der Waals surface area contributed by atoms with Gasteiger partial charge in [0.25, 0.3) is 0 Å². The van der Waals surface area contributed by atoms with Gasteiger partial charge in [0.15, 0.2) is 0 Å². The van der Waals surface area contributed by atoms with E-state index in [0.29, 0.717) is 68.8 Å². The molecule has 4 rings (SSSR count). The molecule has 584 valence electrons. The Morgan fingerprint density at radius 3 is 0.788 bits per heavy atom. The zero-order chi connectivity index (χ0) is 79.3. The monoisotopic (exact) mass is 1530 g/mol. The number of terminal acetylenes is 1. The zero-order valence-electron chi connectivity index (χ0n) is 64.3. The molecule has 3 amide bonds. The van der Waals surface area contributed by atoms with Crippen molar-refractivity contribution in [3.63, 3.8) is 0 Å². The highest BCUT2D eigenvalue weighted by Gasteiger charge is 2.39. The van der Waals surface area contributed by atoms with E-state index in [-0.39, 0.29) is 94.8 Å². The summed E-state index contributed by atoms with van der Waals surface area (Å²) < 4.78 is 34.5. The summed E-state index contributed by atoms with van der Waals surface area (Å²) in [5.41, 5.74) is 6.06. The summed E-state index contributed by atoms with van der Waals surface area (Å²) >= 11 is 24.2. The van der Waals surface area contributed by atoms with Crippen LogP contribution in [0.4, 0.5) is 0 Å². The van der Waals surface area contributed by atoms with Crippen LogP contribution in [0.3, 0.4) is 0 Å². The van der Waals surface area contributed by atoms with E-state index in [1.54, 1.807) is 174 Å². The standard InChI is InChI=1S/2C18H26ClNO4.C17H24ClNO4.C11H13ClO3.C7H15NO2.C2H6B.C2H2.2CH4.B/c2*1-11(9-13-7-8-15(23-5)14(19)10-13)16(21)20-12(2)18(3,4)17(22)24-6;1-10(8-12-6-7-14(23-5)13(18)9-12)15(20)19-11(2)17(3,4)16(21)22;1-7(11(13)14)5-8-3-4-10(15-2)9(12)6-8;1-5(8)7(2,3)6(9)10-4;1-3-2;1-2;;;/h2*7-8,10-12H,9H2,1-6H3,(H,20,21);6-7,9-11H,8H2,1-5H3,(H,19,20)(H,21,22);3-4,6-7H,5H2,1-2H3,(H,13,14);5H,8H2,1-4H3;1-2H3;1-2H;2*1H4;/t2*11-,12?;10-,11?;7-;;;;;;/m1111....../s1. The van der Waals surface area contributed by atoms with E-state index in [0.717, 1.165) is 22.3 Å². The van der Waals surface area contributed by atoms with Crippen LogP contribution < -0.4 is 40.6 Å². The van der Waals surface area contributed by atoms with Crippen molar-refractivity contribution in [1.82, 2.24) is 16.0 Å². The van der Waals surface area contributed by atoms with Crippen LogP contribution in [0.15, 0.2) is 72.8 Å². The van der Waals surface area contributed by atoms with Gasteiger partial charge in [-0.05, 0) is 180 Å². The third kappa shape index (κ3) is 36.6. The van der Waals surface area contributed by atoms with Gasteiger partial charge in [-0.1, -0.05) is 127 Å². The minimum Gasteiger partial charge on any atom is -0.495 e. The molecule has 4 aromatic rings. The van der Waals surface area contributed by atoms with Crippen LogP contribution in [0, 0.1) is 58.2 Å². The highest BCUT2D eigenvalue weighted by atomic mass is 35.5. The molecule has 8 atom stereocenters. The molecule has 4 unspecified atom stereocenters. The van der Waals surface area contributed by atoms with Crippen LogP contribution in [-0.2, 0) is 78.3 Å². The lowest BCUT2D eigenvalue weighted by molar-refractivity contribution is -0.153. The first-order chi connectivity index (χ1) is 46.7. The summed E-state index contributed by atoms with van der Waals surface area (Å²) in [6, 6.07) is 20.3. The second-order valence-corrected chi connectivity index (χ2v) is 28.0. The third-order valence-corrected chi connectivity index (χ3v) is 18.1. The average Bonchev–Trinajstić information content (AvgIpc) is 0.844. The summed E-state index contributed by atoms with van der Waals surface area (Å²) in [6.45, 7) is 31.9. The maximum atomic E-state index is 12.4. The summed E-state index contributed by atoms with van der Waals surface area (Å²) in [7, 11) is 12.3. The number of nitrogens with one attached hydrogen (secondary N) is 3. The van der Waals surface area contributed by atoms with Crippen LogP contribution in [0.1, 0.15) is 148 Å². The van der Waals surface area contributed by atoms with Crippen LogP contribution in [0.5, 0.6) is 23.0 Å². The van der Waals surface area contributed by atoms with Crippen LogP contribution in [0.2, 0.25) is 33.7 Å². The highest BCUT2D eigenvalue weighted by molar-refractivity contribution is 6.33. The Labute approximate surface area is 644 Å². The molecule has 0 bridgehead atoms. The number of carboxylic acid groups (broad SMARTS) is 2. The Balaban J connectivity index is -0.000000289. The van der Waals surface area contributed by atoms with Crippen LogP contribution in [0.25, 0.3) is 0 Å². The predicted octanol–water partition coefficient (Wildman–Crippen LogP) is 14.7. The molecule has 27 heteroatoms. The lowest BCUT2D eigenvalue weighted by Crippen LogP contribution is -2.49. The molecule has 0 aliphatic carbocycles. The number of carbonyl (C=O) groups excluding carboxylic acids is 6. The number of methoxy groups -OCH3 is 7. The Hall–Kier alpha value is -7.35. The van der Waals surface area contributed by atoms with Gasteiger partial charge in [0.1, 0.15) is 30.3 Å². The lowest BCUT2D eigenvalue weighted by atomic mass is 9.85. The van der Waals surface area contributed by atoms with E-state index in [1.165, 1.54) is 21.3 Å². The molecule has 0 aromatic heterocycles. The summed E-state index contributed by atoms with van der Waals surface area (Å²) in [4.78, 5) is 93.6. The highest BCUT2D eigenvalue weighted by Crippen LogP contribution is 2.31. The summed E-state index contributed by atoms with van der Waals surface area (Å²) in [6.07, 6.45) is 10.1. The molecule has 0 saturated carbocycles. The number of ether oxygens (including phenoxy) is 7. The van der Waals surface area contributed by atoms with Gasteiger partial charge < -0.3 is 65.1 Å². The van der Waals surface area contributed by atoms with E-state index in [2.05, 4.69) is 33.5 Å². The van der Waals surface area contributed by atoms with Gasteiger partial charge in [-0.2, -0.15) is 0 Å². The summed E-state index contributed by atoms with van der Waals surface area (Å²) in [5.74, 6) is -1.97. The minimum atomic E-state index is -1.03. The van der Waals surface area contributed by atoms with Gasteiger partial charge in [0, 0.05) is 50.3 Å². The molecule has 7 N–H and O–H groups in total. The van der Waals surface area contributed by atoms with E-state index >= 15 is 0 Å². The topological polar surface area (TPSA) is 304 Å². The number of hydrogen-bond acceptors (Lipinski definition) is 16. The Morgan fingerprint density at radius 1 is 0.423 bits per heavy atom. The second-order valence-electron chi connectivity index (χ2n) is 26.4. The molecule has 0 saturated heterocycles. The van der Waals surface area contributed by atoms with Crippen molar-refractivity contribution in [1.29, 1.82) is 0 Å². The SMILES string of the molecule is C.C.C#C.COC(=O)C(C)(C)C(C)N.COC(=O)C(C)(C)C(C)NC(=O)[C@H](C)Cc1ccc(OC)c(Cl)c1.COC(=O)C(C)(C)C(C)NC(=O)[C@H](C)Cc1ccc(OC)c(Cl)c1.COc1ccc(C[C@@H](C)C(=O)NC(C)C(C)(C)C(=O)O)cc1Cl.COc1ccc(C[C@@H](C)C(=O)O)cc1Cl.C[B]C.[B]. The van der Waals surface area contributed by atoms with E-state index in [4.69, 9.17) is 85.7 Å². The van der Waals surface area contributed by atoms with Crippen molar-refractivity contribution in [2.24, 2.45) is 51.1 Å². The van der Waals surface area contributed by atoms with Gasteiger partial charge in [-0.15, -0.1) is 12.8 Å². The van der Waals surface area contributed by atoms with E-state index in [9.17, 15) is 43.5 Å². The van der Waals surface area contributed by atoms with Gasteiger partial charge >= 0.3 is 29.8 Å². The Kier molecular flexibility index (Phi) is 54.4. The fourth-order valence-electron chi connectivity index (χ4n) is 8.25. The van der Waals surface area contributed by atoms with E-state index in [1.807, 2.05) is 59.0 Å². The maximum absolute atomic E-state index is 12.4. The molecule has 0 heterocycles. The number of aliphatic carboxylic acids is 2. The molecule has 0 fully saturated rings. The molecule has 4 aromatic carbocycles. The molecule has 0 spiro atoms. The van der Waals surface area contributed by atoms with Crippen molar-refractivity contribution in [2.75, 3.05) is 49.8 Å². The first-order valence-corrected chi connectivity index (χ1v) is 34.0. The molecule has 4 radical (unpaired) electrons. The average molecular weight is 1540 g/mol. The number of esters is 3. The largest absolute Gasteiger partial charge is 0.495 e. The zero-order valence-corrected chi connectivity index (χ0v) is 67.3. The fourth-order valence-corrected chi connectivity index (χ4v) is 9.37. The van der Waals surface area contributed by atoms with Crippen molar-refractivity contribution in [3.8, 4) is 35.8 Å². The molecular formula is C77H120B2Cl4N4O17. The quantitative estimate of drug-likeness (QED) is 0.0140. The van der Waals surface area contributed by atoms with Crippen LogP contribution in [-0.4, -0.2) is 147 Å². The fraction of sp³-hybridized carbons (Fsp3) is 0.558. The lowest BCUT2D eigenvalue weighted by Gasteiger charge is -2.30. The number of rotatable bonds is 27. The maximum Gasteiger partial charge on any atom is 0.313 e. The molecule has 21 nitrogen and oxygen atoms in total. The number of hydrogen-bond donors (Lipinski definition) is 6. The Bertz CT molecular complexity index is 3190. The van der Waals surface area contributed by atoms with Gasteiger partial charge in [-0.25, -0.2) is 0 Å². The van der Waals surface area contributed by atoms with Crippen molar-refractivity contribution in [2.45, 2.75) is 189 Å². The number of carboxylic acids is 2. The summed E-state index contributed by atoms with van der Waals surface area (Å²) in [5, 5.41) is 28.6. The van der Waals surface area contributed by atoms with Crippen molar-refractivity contribution >= 4 is 110 Å². The normalized spacial score (nSPS) is 12.8. The number of benzene rings is 4. The Morgan fingerprint density at radius 2 is 0.625 bits per heavy atom. The first-order valence-electron chi connectivity index (χ1n) is 32.5. The number of carbonyl (C=O) groups is 8. The number of amides is 3. The molecule has 0 aliphatic heterocycles. The number of nitrogens with two attached hydrogens (primary N) is 1. The first kappa shape index (κ1) is 108. The van der Waals surface area contributed by atoms with E-state index < -0.39 is 45.6 Å². The van der Waals surface area contributed by atoms with Crippen molar-refractivity contribution < 1.29 is 81.7 Å². The molecule has 104 heavy (non-hydrogen) atoms. The molecular weight excluding hydrogens is 1420 g/mol. The minimum absolute atomic E-state index is 0. The smallest absolute Gasteiger partial charge is 0.313 e. The van der Waals surface area contributed by atoms with Gasteiger partial charge in [-0.3, -0.25) is 38.4 Å². The van der Waals surface area contributed by atoms with Crippen LogP contribution >= 0.6 is 46.4 Å². The predicted molar refractivity (Wildman–Crippen MR) is 423 cm³/mol. The number of halogens is 4. The van der Waals surface area contributed by atoms with Gasteiger partial charge in [0.2, 0.25) is 17.7 Å². The van der Waals surface area contributed by atoms with Crippen molar-refractivity contribution in [3.05, 3.63) is 115 Å². The third-order valence-electron chi connectivity index (χ3n) is 16.9. The molecule has 0 aliphatic rings. The van der Waals surface area contributed by atoms with Gasteiger partial charge in [0.05, 0.1) is 97.4 Å².